The second-order valence-electron chi connectivity index (χ2n) is 16.3. The number of nitrogens with one attached hydrogen (secondary N) is 4. The molecule has 4 fully saturated rings. The normalized spacial score (nSPS) is 23.7. The molecule has 4 aliphatic heterocycles. The second kappa shape index (κ2) is 24.2. The van der Waals surface area contributed by atoms with E-state index in [2.05, 4.69) is 26.2 Å². The highest BCUT2D eigenvalue weighted by Crippen LogP contribution is 2.34. The third-order valence-corrected chi connectivity index (χ3v) is 14.9. The van der Waals surface area contributed by atoms with E-state index >= 15 is 0 Å². The Morgan fingerprint density at radius 1 is 0.607 bits per heavy atom. The molecular weight excluding hydrogens is 747 g/mol. The second-order valence-corrected chi connectivity index (χ2v) is 18.9. The molecule has 0 aliphatic carbocycles. The Morgan fingerprint density at radius 3 is 1.50 bits per heavy atom. The minimum Gasteiger partial charge on any atom is -0.465 e. The Morgan fingerprint density at radius 2 is 1.04 bits per heavy atom. The molecular formula is C43H67N5O6S2. The van der Waals surface area contributed by atoms with E-state index in [1.807, 2.05) is 47.8 Å². The molecule has 4 amide bonds. The number of carbonyl (C=O) groups is 5. The Labute approximate surface area is 343 Å². The first kappa shape index (κ1) is 44.3. The summed E-state index contributed by atoms with van der Waals surface area (Å²) in [5.74, 6) is 2.42. The maximum atomic E-state index is 12.5. The Bertz CT molecular complexity index is 1340. The molecule has 0 aromatic heterocycles. The van der Waals surface area contributed by atoms with E-state index in [0.717, 1.165) is 134 Å². The first-order valence-electron chi connectivity index (χ1n) is 21.6. The summed E-state index contributed by atoms with van der Waals surface area (Å²) in [6, 6.07) is 8.68. The van der Waals surface area contributed by atoms with Gasteiger partial charge in [0.1, 0.15) is 11.6 Å². The number of nitrogens with zero attached hydrogens (tertiary/aromatic N) is 1. The van der Waals surface area contributed by atoms with Crippen molar-refractivity contribution in [2.24, 2.45) is 0 Å². The van der Waals surface area contributed by atoms with Gasteiger partial charge in [0.15, 0.2) is 0 Å². The molecule has 312 valence electrons. The van der Waals surface area contributed by atoms with Crippen molar-refractivity contribution in [3.05, 3.63) is 35.4 Å². The third-order valence-electron chi connectivity index (χ3n) is 11.9. The van der Waals surface area contributed by atoms with Crippen LogP contribution in [0.1, 0.15) is 144 Å². The van der Waals surface area contributed by atoms with Gasteiger partial charge < -0.3 is 26.0 Å². The van der Waals surface area contributed by atoms with E-state index in [9.17, 15) is 24.0 Å². The first-order valence-corrected chi connectivity index (χ1v) is 23.7. The van der Waals surface area contributed by atoms with Crippen molar-refractivity contribution in [1.29, 1.82) is 0 Å². The number of esters is 1. The van der Waals surface area contributed by atoms with Crippen LogP contribution in [0.5, 0.6) is 0 Å². The Hall–Kier alpha value is -2.77. The van der Waals surface area contributed by atoms with Crippen molar-refractivity contribution in [1.82, 2.24) is 26.2 Å². The lowest BCUT2D eigenvalue weighted by molar-refractivity contribution is -0.120. The van der Waals surface area contributed by atoms with Crippen LogP contribution in [0.4, 0.5) is 9.59 Å². The molecule has 0 spiro atoms. The molecule has 0 saturated carbocycles. The molecule has 4 saturated heterocycles. The summed E-state index contributed by atoms with van der Waals surface area (Å²) >= 11 is 3.88. The zero-order valence-corrected chi connectivity index (χ0v) is 35.3. The van der Waals surface area contributed by atoms with Crippen molar-refractivity contribution in [2.45, 2.75) is 170 Å². The zero-order valence-electron chi connectivity index (χ0n) is 33.7. The molecule has 4 heterocycles. The smallest absolute Gasteiger partial charge is 0.337 e. The first-order chi connectivity index (χ1) is 27.3. The van der Waals surface area contributed by atoms with Crippen molar-refractivity contribution >= 4 is 53.1 Å². The van der Waals surface area contributed by atoms with Crippen LogP contribution in [0.25, 0.3) is 0 Å². The van der Waals surface area contributed by atoms with E-state index in [0.29, 0.717) is 53.3 Å². The van der Waals surface area contributed by atoms with Gasteiger partial charge in [-0.2, -0.15) is 23.5 Å². The van der Waals surface area contributed by atoms with Crippen LogP contribution in [-0.4, -0.2) is 101 Å². The van der Waals surface area contributed by atoms with E-state index in [1.54, 1.807) is 0 Å². The largest absolute Gasteiger partial charge is 0.465 e. The number of hydrogen-bond donors (Lipinski definition) is 4. The zero-order chi connectivity index (χ0) is 39.5. The van der Waals surface area contributed by atoms with E-state index < -0.39 is 0 Å². The monoisotopic (exact) mass is 813 g/mol. The molecule has 1 aromatic carbocycles. The number of urea groups is 2. The lowest BCUT2D eigenvalue weighted by Gasteiger charge is -2.22. The van der Waals surface area contributed by atoms with Crippen LogP contribution >= 0.6 is 23.5 Å². The number of benzene rings is 1. The van der Waals surface area contributed by atoms with Gasteiger partial charge in [-0.05, 0) is 82.2 Å². The van der Waals surface area contributed by atoms with E-state index in [4.69, 9.17) is 4.74 Å². The summed E-state index contributed by atoms with van der Waals surface area (Å²) in [5.41, 5.74) is 1.76. The van der Waals surface area contributed by atoms with Gasteiger partial charge in [0.25, 0.3) is 0 Å². The summed E-state index contributed by atoms with van der Waals surface area (Å²) < 4.78 is 4.86. The SMILES string of the molecule is COC(=O)c1ccc(CN(CCCCCCCC(=O)CCCCC2SCC3NC(=O)NC32)CCCCCCCC(=O)CCCCC2SCC3NC(=O)NC32)cc1. The number of ether oxygens (including phenoxy) is 1. The van der Waals surface area contributed by atoms with Gasteiger partial charge in [-0.3, -0.25) is 14.5 Å². The minimum atomic E-state index is -0.316. The highest BCUT2D eigenvalue weighted by atomic mass is 32.2. The molecule has 1 aromatic rings. The lowest BCUT2D eigenvalue weighted by atomic mass is 10.0. The van der Waals surface area contributed by atoms with Gasteiger partial charge in [-0.15, -0.1) is 0 Å². The van der Waals surface area contributed by atoms with Gasteiger partial charge >= 0.3 is 18.0 Å². The number of methoxy groups -OCH3 is 1. The summed E-state index contributed by atoms with van der Waals surface area (Å²) in [5, 5.41) is 13.0. The molecule has 6 atom stereocenters. The predicted octanol–water partition coefficient (Wildman–Crippen LogP) is 7.55. The minimum absolute atomic E-state index is 0.0395. The fourth-order valence-electron chi connectivity index (χ4n) is 8.64. The van der Waals surface area contributed by atoms with Crippen LogP contribution < -0.4 is 21.3 Å². The number of rotatable bonds is 29. The molecule has 4 aliphatic rings. The third kappa shape index (κ3) is 14.9. The quantitative estimate of drug-likeness (QED) is 0.0366. The highest BCUT2D eigenvalue weighted by Gasteiger charge is 2.43. The number of Topliss-reactive ketones (excluding diaryl/α,β-unsaturated/α-hetero) is 2. The van der Waals surface area contributed by atoms with Gasteiger partial charge in [0, 0.05) is 54.2 Å². The fourth-order valence-corrected chi connectivity index (χ4v) is 11.7. The van der Waals surface area contributed by atoms with E-state index in [1.165, 1.54) is 12.7 Å². The summed E-state index contributed by atoms with van der Waals surface area (Å²) in [4.78, 5) is 62.6. The van der Waals surface area contributed by atoms with Crippen LogP contribution in [0.2, 0.25) is 0 Å². The topological polar surface area (TPSA) is 146 Å². The van der Waals surface area contributed by atoms with Crippen LogP contribution in [0, 0.1) is 0 Å². The van der Waals surface area contributed by atoms with E-state index in [-0.39, 0.29) is 42.2 Å². The molecule has 11 nitrogen and oxygen atoms in total. The molecule has 13 heteroatoms. The van der Waals surface area contributed by atoms with Crippen molar-refractivity contribution in [3.63, 3.8) is 0 Å². The number of ketones is 2. The maximum Gasteiger partial charge on any atom is 0.337 e. The van der Waals surface area contributed by atoms with Gasteiger partial charge in [0.2, 0.25) is 0 Å². The molecule has 0 bridgehead atoms. The van der Waals surface area contributed by atoms with Crippen molar-refractivity contribution in [3.8, 4) is 0 Å². The van der Waals surface area contributed by atoms with Crippen molar-refractivity contribution < 1.29 is 28.7 Å². The lowest BCUT2D eigenvalue weighted by Crippen LogP contribution is -2.36. The number of amides is 4. The molecule has 6 unspecified atom stereocenters. The van der Waals surface area contributed by atoms with Crippen LogP contribution in [-0.2, 0) is 20.9 Å². The Balaban J connectivity index is 0.884. The molecule has 5 rings (SSSR count). The molecule has 4 N–H and O–H groups in total. The molecule has 56 heavy (non-hydrogen) atoms. The van der Waals surface area contributed by atoms with Gasteiger partial charge in [0.05, 0.1) is 36.8 Å². The molecule has 0 radical (unpaired) electrons. The number of hydrogen-bond acceptors (Lipinski definition) is 9. The highest BCUT2D eigenvalue weighted by molar-refractivity contribution is 8.00. The number of unbranched alkanes of at least 4 members (excludes halogenated alkanes) is 10. The average molecular weight is 814 g/mol. The predicted molar refractivity (Wildman–Crippen MR) is 226 cm³/mol. The van der Waals surface area contributed by atoms with Crippen molar-refractivity contribution in [2.75, 3.05) is 31.7 Å². The maximum absolute atomic E-state index is 12.5. The standard InChI is InChI=1S/C43H67N5O6S2/c1-54-41(51)32-24-22-31(23-25-32)28-48(26-14-6-2-4-8-16-33(49)18-10-12-20-37-39-35(29-55-37)44-42(52)46-39)27-15-7-3-5-9-17-34(50)19-11-13-21-38-40-36(30-56-38)45-43(53)47-40/h22-25,35-40H,2-21,26-30H2,1H3,(H2,44,46,52)(H2,45,47,53). The summed E-state index contributed by atoms with van der Waals surface area (Å²) in [6.07, 6.45) is 19.8. The summed E-state index contributed by atoms with van der Waals surface area (Å²) in [7, 11) is 1.40. The van der Waals surface area contributed by atoms with Crippen LogP contribution in [0.15, 0.2) is 24.3 Å². The summed E-state index contributed by atoms with van der Waals surface area (Å²) in [6.45, 7) is 2.90. The number of fused-ring (bicyclic) bond motifs is 2. The number of thioether (sulfide) groups is 2. The van der Waals surface area contributed by atoms with Gasteiger partial charge in [-0.25, -0.2) is 14.4 Å². The van der Waals surface area contributed by atoms with Crippen LogP contribution in [0.3, 0.4) is 0 Å². The van der Waals surface area contributed by atoms with Gasteiger partial charge in [-0.1, -0.05) is 63.5 Å². The fraction of sp³-hybridized carbons (Fsp3) is 0.744. The Kier molecular flexibility index (Phi) is 19.2. The number of carbonyl (C=O) groups excluding carboxylic acids is 5. The average Bonchev–Trinajstić information content (AvgIpc) is 3.96.